The highest BCUT2D eigenvalue weighted by Gasteiger charge is 2.30. The Labute approximate surface area is 105 Å². The molecular weight excluding hydrogens is 232 g/mol. The van der Waals surface area contributed by atoms with Crippen LogP contribution < -0.4 is 5.32 Å². The zero-order valence-corrected chi connectivity index (χ0v) is 10.0. The van der Waals surface area contributed by atoms with Gasteiger partial charge in [0.05, 0.1) is 6.42 Å². The van der Waals surface area contributed by atoms with Gasteiger partial charge in [-0.1, -0.05) is 18.9 Å². The van der Waals surface area contributed by atoms with Gasteiger partial charge in [-0.2, -0.15) is 0 Å². The van der Waals surface area contributed by atoms with E-state index in [0.29, 0.717) is 18.0 Å². The van der Waals surface area contributed by atoms with Crippen molar-refractivity contribution in [3.63, 3.8) is 0 Å². The Hall–Kier alpha value is -1.91. The number of carboxylic acids is 1. The second kappa shape index (κ2) is 5.62. The Morgan fingerprint density at radius 2 is 2.22 bits per heavy atom. The summed E-state index contributed by atoms with van der Waals surface area (Å²) in [5, 5.41) is 11.6. The molecule has 5 nitrogen and oxygen atoms in total. The van der Waals surface area contributed by atoms with Gasteiger partial charge in [0.25, 0.3) is 0 Å². The van der Waals surface area contributed by atoms with Crippen LogP contribution in [0.5, 0.6) is 0 Å². The van der Waals surface area contributed by atoms with Gasteiger partial charge in [-0.3, -0.25) is 9.78 Å². The fourth-order valence-corrected chi connectivity index (χ4v) is 1.82. The lowest BCUT2D eigenvalue weighted by atomic mass is 10.1. The summed E-state index contributed by atoms with van der Waals surface area (Å²) in [6.07, 6.45) is 4.40. The summed E-state index contributed by atoms with van der Waals surface area (Å²) in [5.74, 6) is -0.792. The molecule has 1 aromatic rings. The minimum Gasteiger partial charge on any atom is -0.480 e. The monoisotopic (exact) mass is 248 g/mol. The van der Waals surface area contributed by atoms with E-state index >= 15 is 0 Å². The molecule has 1 saturated carbocycles. The van der Waals surface area contributed by atoms with E-state index in [4.69, 9.17) is 5.11 Å². The van der Waals surface area contributed by atoms with Crippen LogP contribution in [0.1, 0.15) is 25.0 Å². The van der Waals surface area contributed by atoms with Crippen molar-refractivity contribution in [1.82, 2.24) is 10.3 Å². The average Bonchev–Trinajstić information content (AvgIpc) is 3.13. The maximum Gasteiger partial charge on any atom is 0.326 e. The number of pyridine rings is 1. The third-order valence-electron chi connectivity index (χ3n) is 2.97. The SMILES string of the molecule is O=C(Cc1ccccn1)NC(CC1CC1)C(=O)O. The van der Waals surface area contributed by atoms with Crippen LogP contribution >= 0.6 is 0 Å². The van der Waals surface area contributed by atoms with Crippen LogP contribution in [0.15, 0.2) is 24.4 Å². The molecule has 0 radical (unpaired) electrons. The van der Waals surface area contributed by atoms with Crippen LogP contribution in [0.2, 0.25) is 0 Å². The lowest BCUT2D eigenvalue weighted by molar-refractivity contribution is -0.142. The summed E-state index contributed by atoms with van der Waals surface area (Å²) < 4.78 is 0. The minimum atomic E-state index is -0.962. The maximum absolute atomic E-state index is 11.7. The number of hydrogen-bond donors (Lipinski definition) is 2. The summed E-state index contributed by atoms with van der Waals surface area (Å²) in [6.45, 7) is 0. The molecule has 0 saturated heterocycles. The summed E-state index contributed by atoms with van der Waals surface area (Å²) in [4.78, 5) is 26.8. The number of amides is 1. The van der Waals surface area contributed by atoms with Crippen LogP contribution in [-0.4, -0.2) is 28.0 Å². The van der Waals surface area contributed by atoms with Crippen LogP contribution in [0.3, 0.4) is 0 Å². The molecule has 0 bridgehead atoms. The van der Waals surface area contributed by atoms with Gasteiger partial charge in [0.15, 0.2) is 0 Å². The average molecular weight is 248 g/mol. The minimum absolute atomic E-state index is 0.120. The molecule has 2 N–H and O–H groups in total. The van der Waals surface area contributed by atoms with Crippen molar-refractivity contribution in [1.29, 1.82) is 0 Å². The molecule has 1 amide bonds. The van der Waals surface area contributed by atoms with E-state index in [2.05, 4.69) is 10.3 Å². The highest BCUT2D eigenvalue weighted by atomic mass is 16.4. The van der Waals surface area contributed by atoms with E-state index < -0.39 is 12.0 Å². The third-order valence-corrected chi connectivity index (χ3v) is 2.97. The van der Waals surface area contributed by atoms with Gasteiger partial charge in [0.1, 0.15) is 6.04 Å². The smallest absolute Gasteiger partial charge is 0.326 e. The molecule has 1 aromatic heterocycles. The second-order valence-corrected chi connectivity index (χ2v) is 4.64. The Balaban J connectivity index is 1.86. The fourth-order valence-electron chi connectivity index (χ4n) is 1.82. The summed E-state index contributed by atoms with van der Waals surface area (Å²) >= 11 is 0. The van der Waals surface area contributed by atoms with Crippen molar-refractivity contribution in [3.05, 3.63) is 30.1 Å². The Kier molecular flexibility index (Phi) is 3.92. The van der Waals surface area contributed by atoms with Crippen molar-refractivity contribution >= 4 is 11.9 Å². The van der Waals surface area contributed by atoms with Crippen LogP contribution in [0.4, 0.5) is 0 Å². The zero-order valence-electron chi connectivity index (χ0n) is 10.0. The number of carboxylic acid groups (broad SMARTS) is 1. The van der Waals surface area contributed by atoms with Gasteiger partial charge in [0, 0.05) is 11.9 Å². The molecule has 1 unspecified atom stereocenters. The molecule has 5 heteroatoms. The van der Waals surface area contributed by atoms with Gasteiger partial charge in [-0.05, 0) is 24.5 Å². The Bertz CT molecular complexity index is 429. The molecule has 1 aliphatic rings. The fraction of sp³-hybridized carbons (Fsp3) is 0.462. The van der Waals surface area contributed by atoms with Gasteiger partial charge >= 0.3 is 5.97 Å². The quantitative estimate of drug-likeness (QED) is 0.787. The molecule has 0 spiro atoms. The first kappa shape index (κ1) is 12.5. The molecular formula is C13H16N2O3. The van der Waals surface area contributed by atoms with Crippen molar-refractivity contribution < 1.29 is 14.7 Å². The van der Waals surface area contributed by atoms with E-state index in [1.165, 1.54) is 0 Å². The lowest BCUT2D eigenvalue weighted by Gasteiger charge is -2.13. The third kappa shape index (κ3) is 3.84. The normalized spacial score (nSPS) is 16.0. The molecule has 2 rings (SSSR count). The Morgan fingerprint density at radius 1 is 1.44 bits per heavy atom. The number of aromatic nitrogens is 1. The Morgan fingerprint density at radius 3 is 2.78 bits per heavy atom. The van der Waals surface area contributed by atoms with Crippen molar-refractivity contribution in [2.75, 3.05) is 0 Å². The number of aliphatic carboxylic acids is 1. The lowest BCUT2D eigenvalue weighted by Crippen LogP contribution is -2.41. The highest BCUT2D eigenvalue weighted by Crippen LogP contribution is 2.33. The van der Waals surface area contributed by atoms with Crippen LogP contribution in [0.25, 0.3) is 0 Å². The number of nitrogens with one attached hydrogen (secondary N) is 1. The van der Waals surface area contributed by atoms with Crippen molar-refractivity contribution in [2.45, 2.75) is 31.7 Å². The molecule has 0 aliphatic heterocycles. The first-order valence-corrected chi connectivity index (χ1v) is 6.07. The molecule has 96 valence electrons. The number of carbonyl (C=O) groups is 2. The predicted octanol–water partition coefficient (Wildman–Crippen LogP) is 0.994. The van der Waals surface area contributed by atoms with Gasteiger partial charge < -0.3 is 10.4 Å². The predicted molar refractivity (Wildman–Crippen MR) is 64.8 cm³/mol. The zero-order chi connectivity index (χ0) is 13.0. The van der Waals surface area contributed by atoms with Crippen molar-refractivity contribution in [2.24, 2.45) is 5.92 Å². The van der Waals surface area contributed by atoms with E-state index in [0.717, 1.165) is 12.8 Å². The van der Waals surface area contributed by atoms with Crippen LogP contribution in [0, 0.1) is 5.92 Å². The summed E-state index contributed by atoms with van der Waals surface area (Å²) in [6, 6.07) is 4.55. The van der Waals surface area contributed by atoms with Gasteiger partial charge in [-0.15, -0.1) is 0 Å². The molecule has 1 aliphatic carbocycles. The molecule has 1 heterocycles. The van der Waals surface area contributed by atoms with E-state index in [9.17, 15) is 9.59 Å². The molecule has 1 atom stereocenters. The largest absolute Gasteiger partial charge is 0.480 e. The van der Waals surface area contributed by atoms with E-state index in [1.54, 1.807) is 24.4 Å². The number of rotatable bonds is 6. The highest BCUT2D eigenvalue weighted by molar-refractivity contribution is 5.84. The molecule has 18 heavy (non-hydrogen) atoms. The van der Waals surface area contributed by atoms with E-state index in [1.807, 2.05) is 0 Å². The molecule has 1 fully saturated rings. The second-order valence-electron chi connectivity index (χ2n) is 4.64. The number of nitrogens with zero attached hydrogens (tertiary/aromatic N) is 1. The maximum atomic E-state index is 11.7. The molecule has 0 aromatic carbocycles. The summed E-state index contributed by atoms with van der Waals surface area (Å²) in [7, 11) is 0. The number of hydrogen-bond acceptors (Lipinski definition) is 3. The topological polar surface area (TPSA) is 79.3 Å². The number of carbonyl (C=O) groups excluding carboxylic acids is 1. The van der Waals surface area contributed by atoms with Crippen molar-refractivity contribution in [3.8, 4) is 0 Å². The first-order chi connectivity index (χ1) is 8.65. The summed E-state index contributed by atoms with van der Waals surface area (Å²) in [5.41, 5.74) is 0.644. The standard InChI is InChI=1S/C13H16N2O3/c16-12(8-10-3-1-2-6-14-10)15-11(13(17)18)7-9-4-5-9/h1-3,6,9,11H,4-5,7-8H2,(H,15,16)(H,17,18). The van der Waals surface area contributed by atoms with Gasteiger partial charge in [0.2, 0.25) is 5.91 Å². The first-order valence-electron chi connectivity index (χ1n) is 6.07. The van der Waals surface area contributed by atoms with Gasteiger partial charge in [-0.25, -0.2) is 4.79 Å². The van der Waals surface area contributed by atoms with Crippen LogP contribution in [-0.2, 0) is 16.0 Å². The van der Waals surface area contributed by atoms with E-state index in [-0.39, 0.29) is 12.3 Å².